The standard InChI is InChI=1S/C24H28N2O5/c1-16-5-9-18(10-6-16)26-21(27)14-13-20(24(29)31-15-22(28)25(2)3)23(26)17-7-11-19(30-4)12-8-17/h5-12,20,23H,13-15H2,1-4H3/t20-,23+/m0/s1. The predicted molar refractivity (Wildman–Crippen MR) is 117 cm³/mol. The van der Waals surface area contributed by atoms with Crippen molar-refractivity contribution in [2.75, 3.05) is 32.7 Å². The summed E-state index contributed by atoms with van der Waals surface area (Å²) in [5.74, 6) is -0.749. The molecule has 0 aliphatic carbocycles. The summed E-state index contributed by atoms with van der Waals surface area (Å²) in [6, 6.07) is 14.4. The number of methoxy groups -OCH3 is 1. The summed E-state index contributed by atoms with van der Waals surface area (Å²) in [4.78, 5) is 40.9. The van der Waals surface area contributed by atoms with Crippen molar-refractivity contribution < 1.29 is 23.9 Å². The molecule has 2 aromatic rings. The third-order valence-electron chi connectivity index (χ3n) is 5.51. The van der Waals surface area contributed by atoms with Crippen LogP contribution >= 0.6 is 0 Å². The number of carbonyl (C=O) groups is 3. The summed E-state index contributed by atoms with van der Waals surface area (Å²) in [6.07, 6.45) is 0.578. The van der Waals surface area contributed by atoms with Crippen molar-refractivity contribution in [3.8, 4) is 5.75 Å². The van der Waals surface area contributed by atoms with Gasteiger partial charge in [0.05, 0.1) is 19.1 Å². The summed E-state index contributed by atoms with van der Waals surface area (Å²) in [6.45, 7) is 1.65. The predicted octanol–water partition coefficient (Wildman–Crippen LogP) is 3.12. The zero-order chi connectivity index (χ0) is 22.5. The van der Waals surface area contributed by atoms with Gasteiger partial charge in [-0.15, -0.1) is 0 Å². The Morgan fingerprint density at radius 1 is 1.06 bits per heavy atom. The first-order valence-electron chi connectivity index (χ1n) is 10.2. The third-order valence-corrected chi connectivity index (χ3v) is 5.51. The normalized spacial score (nSPS) is 18.5. The Hall–Kier alpha value is -3.35. The van der Waals surface area contributed by atoms with E-state index in [2.05, 4.69) is 0 Å². The molecule has 1 aliphatic heterocycles. The monoisotopic (exact) mass is 424 g/mol. The summed E-state index contributed by atoms with van der Waals surface area (Å²) in [5.41, 5.74) is 2.60. The average Bonchev–Trinajstić information content (AvgIpc) is 2.77. The van der Waals surface area contributed by atoms with Gasteiger partial charge in [0.15, 0.2) is 6.61 Å². The van der Waals surface area contributed by atoms with Crippen LogP contribution in [0.25, 0.3) is 0 Å². The van der Waals surface area contributed by atoms with E-state index in [0.29, 0.717) is 12.2 Å². The van der Waals surface area contributed by atoms with E-state index in [4.69, 9.17) is 9.47 Å². The van der Waals surface area contributed by atoms with Gasteiger partial charge in [0.25, 0.3) is 5.91 Å². The lowest BCUT2D eigenvalue weighted by atomic mass is 9.83. The Kier molecular flexibility index (Phi) is 6.95. The SMILES string of the molecule is COc1ccc([C@@H]2[C@@H](C(=O)OCC(=O)N(C)C)CCC(=O)N2c2ccc(C)cc2)cc1. The fourth-order valence-corrected chi connectivity index (χ4v) is 3.70. The Bertz CT molecular complexity index is 937. The molecule has 0 aromatic heterocycles. The van der Waals surface area contributed by atoms with E-state index < -0.39 is 17.9 Å². The van der Waals surface area contributed by atoms with Gasteiger partial charge >= 0.3 is 5.97 Å². The summed E-state index contributed by atoms with van der Waals surface area (Å²) >= 11 is 0. The van der Waals surface area contributed by atoms with Crippen LogP contribution in [-0.4, -0.2) is 50.5 Å². The van der Waals surface area contributed by atoms with Crippen LogP contribution in [-0.2, 0) is 19.1 Å². The first kappa shape index (κ1) is 22.3. The van der Waals surface area contributed by atoms with E-state index in [9.17, 15) is 14.4 Å². The van der Waals surface area contributed by atoms with Crippen LogP contribution in [0.3, 0.4) is 0 Å². The van der Waals surface area contributed by atoms with E-state index in [1.807, 2.05) is 43.3 Å². The quantitative estimate of drug-likeness (QED) is 0.666. The molecule has 2 amide bonds. The second kappa shape index (κ2) is 9.64. The lowest BCUT2D eigenvalue weighted by Gasteiger charge is -2.40. The van der Waals surface area contributed by atoms with Crippen molar-refractivity contribution in [3.05, 3.63) is 59.7 Å². The zero-order valence-corrected chi connectivity index (χ0v) is 18.3. The number of benzene rings is 2. The highest BCUT2D eigenvalue weighted by Crippen LogP contribution is 2.41. The first-order valence-corrected chi connectivity index (χ1v) is 10.2. The van der Waals surface area contributed by atoms with Crippen LogP contribution in [0, 0.1) is 12.8 Å². The zero-order valence-electron chi connectivity index (χ0n) is 18.3. The summed E-state index contributed by atoms with van der Waals surface area (Å²) in [5, 5.41) is 0. The molecule has 7 nitrogen and oxygen atoms in total. The van der Waals surface area contributed by atoms with Gasteiger partial charge < -0.3 is 19.3 Å². The molecule has 31 heavy (non-hydrogen) atoms. The minimum absolute atomic E-state index is 0.0573. The molecular weight excluding hydrogens is 396 g/mol. The van der Waals surface area contributed by atoms with Crippen LogP contribution in [0.4, 0.5) is 5.69 Å². The molecule has 2 atom stereocenters. The number of hydrogen-bond acceptors (Lipinski definition) is 5. The Labute approximate surface area is 182 Å². The number of likely N-dealkylation sites (N-methyl/N-ethyl adjacent to an activating group) is 1. The van der Waals surface area contributed by atoms with Crippen molar-refractivity contribution in [1.82, 2.24) is 4.90 Å². The number of rotatable bonds is 6. The van der Waals surface area contributed by atoms with Crippen molar-refractivity contribution in [2.24, 2.45) is 5.92 Å². The highest BCUT2D eigenvalue weighted by Gasteiger charge is 2.42. The number of ether oxygens (including phenoxy) is 2. The minimum Gasteiger partial charge on any atom is -0.497 e. The molecule has 0 unspecified atom stereocenters. The van der Waals surface area contributed by atoms with Crippen LogP contribution in [0.2, 0.25) is 0 Å². The molecule has 1 saturated heterocycles. The van der Waals surface area contributed by atoms with Crippen LogP contribution in [0.15, 0.2) is 48.5 Å². The van der Waals surface area contributed by atoms with Crippen LogP contribution in [0.5, 0.6) is 5.75 Å². The number of nitrogens with zero attached hydrogens (tertiary/aromatic N) is 2. The highest BCUT2D eigenvalue weighted by molar-refractivity contribution is 5.97. The largest absolute Gasteiger partial charge is 0.497 e. The molecule has 0 N–H and O–H groups in total. The maximum absolute atomic E-state index is 13.0. The van der Waals surface area contributed by atoms with Crippen molar-refractivity contribution in [2.45, 2.75) is 25.8 Å². The van der Waals surface area contributed by atoms with E-state index in [-0.39, 0.29) is 24.8 Å². The van der Waals surface area contributed by atoms with Gasteiger partial charge in [-0.2, -0.15) is 0 Å². The number of carbonyl (C=O) groups excluding carboxylic acids is 3. The van der Waals surface area contributed by atoms with Gasteiger partial charge in [-0.05, 0) is 43.2 Å². The highest BCUT2D eigenvalue weighted by atomic mass is 16.5. The lowest BCUT2D eigenvalue weighted by molar-refractivity contribution is -0.156. The summed E-state index contributed by atoms with van der Waals surface area (Å²) < 4.78 is 10.6. The maximum Gasteiger partial charge on any atom is 0.311 e. The molecule has 164 valence electrons. The molecule has 1 fully saturated rings. The number of piperidine rings is 1. The van der Waals surface area contributed by atoms with Gasteiger partial charge in [0.1, 0.15) is 5.75 Å². The van der Waals surface area contributed by atoms with E-state index >= 15 is 0 Å². The molecule has 0 radical (unpaired) electrons. The van der Waals surface area contributed by atoms with Crippen LogP contribution < -0.4 is 9.64 Å². The Morgan fingerprint density at radius 2 is 1.71 bits per heavy atom. The Morgan fingerprint density at radius 3 is 2.29 bits per heavy atom. The second-order valence-electron chi connectivity index (χ2n) is 7.86. The number of esters is 1. The number of hydrogen-bond donors (Lipinski definition) is 0. The van der Waals surface area contributed by atoms with Gasteiger partial charge in [0.2, 0.25) is 5.91 Å². The van der Waals surface area contributed by atoms with E-state index in [0.717, 1.165) is 16.8 Å². The maximum atomic E-state index is 13.0. The molecular formula is C24H28N2O5. The molecule has 0 spiro atoms. The molecule has 7 heteroatoms. The molecule has 2 aromatic carbocycles. The number of aryl methyl sites for hydroxylation is 1. The Balaban J connectivity index is 1.97. The van der Waals surface area contributed by atoms with Gasteiger partial charge in [-0.3, -0.25) is 14.4 Å². The van der Waals surface area contributed by atoms with E-state index in [1.165, 1.54) is 4.90 Å². The minimum atomic E-state index is -0.595. The van der Waals surface area contributed by atoms with E-state index in [1.54, 1.807) is 38.2 Å². The molecule has 0 saturated carbocycles. The second-order valence-corrected chi connectivity index (χ2v) is 7.86. The lowest BCUT2D eigenvalue weighted by Crippen LogP contribution is -2.46. The molecule has 1 heterocycles. The molecule has 1 aliphatic rings. The van der Waals surface area contributed by atoms with Crippen molar-refractivity contribution >= 4 is 23.5 Å². The number of amides is 2. The first-order chi connectivity index (χ1) is 14.8. The van der Waals surface area contributed by atoms with Crippen LogP contribution in [0.1, 0.15) is 30.0 Å². The van der Waals surface area contributed by atoms with Crippen molar-refractivity contribution in [3.63, 3.8) is 0 Å². The molecule has 0 bridgehead atoms. The third kappa shape index (κ3) is 5.05. The smallest absolute Gasteiger partial charge is 0.311 e. The molecule has 3 rings (SSSR count). The van der Waals surface area contributed by atoms with Gasteiger partial charge in [-0.25, -0.2) is 0 Å². The number of anilines is 1. The topological polar surface area (TPSA) is 76.1 Å². The average molecular weight is 424 g/mol. The van der Waals surface area contributed by atoms with Gasteiger partial charge in [0, 0.05) is 26.2 Å². The fraction of sp³-hybridized carbons (Fsp3) is 0.375. The summed E-state index contributed by atoms with van der Waals surface area (Å²) in [7, 11) is 4.79. The van der Waals surface area contributed by atoms with Crippen molar-refractivity contribution in [1.29, 1.82) is 0 Å². The van der Waals surface area contributed by atoms with Gasteiger partial charge in [-0.1, -0.05) is 29.8 Å². The fourth-order valence-electron chi connectivity index (χ4n) is 3.70.